The molecule has 1 saturated carbocycles. The van der Waals surface area contributed by atoms with Gasteiger partial charge in [0.1, 0.15) is 5.82 Å². The van der Waals surface area contributed by atoms with Gasteiger partial charge in [-0.3, -0.25) is 0 Å². The molecule has 0 radical (unpaired) electrons. The second-order valence-electron chi connectivity index (χ2n) is 6.28. The Morgan fingerprint density at radius 1 is 1.25 bits per heavy atom. The fourth-order valence-electron chi connectivity index (χ4n) is 2.85. The largest absolute Gasteiger partial charge is 0.408 e. The number of nitrogens with zero attached hydrogens (tertiary/aromatic N) is 4. The monoisotopic (exact) mass is 323 g/mol. The van der Waals surface area contributed by atoms with Crippen molar-refractivity contribution in [1.82, 2.24) is 19.7 Å². The van der Waals surface area contributed by atoms with E-state index in [0.717, 1.165) is 37.5 Å². The molecule has 0 bridgehead atoms. The van der Waals surface area contributed by atoms with Gasteiger partial charge in [-0.15, -0.1) is 5.10 Å². The summed E-state index contributed by atoms with van der Waals surface area (Å²) in [4.78, 5) is 4.28. The van der Waals surface area contributed by atoms with Gasteiger partial charge in [0.2, 0.25) is 5.89 Å². The Labute approximate surface area is 140 Å². The van der Waals surface area contributed by atoms with E-state index in [1.54, 1.807) is 0 Å². The molecule has 4 rings (SSSR count). The Balaban J connectivity index is 1.49. The zero-order chi connectivity index (χ0) is 16.4. The van der Waals surface area contributed by atoms with Gasteiger partial charge in [-0.25, -0.2) is 4.98 Å². The highest BCUT2D eigenvalue weighted by molar-refractivity contribution is 5.29. The van der Waals surface area contributed by atoms with Crippen LogP contribution < -0.4 is 5.32 Å². The normalized spacial score (nSPS) is 15.4. The van der Waals surface area contributed by atoms with Gasteiger partial charge in [0.15, 0.2) is 0 Å². The van der Waals surface area contributed by atoms with E-state index in [0.29, 0.717) is 11.9 Å². The van der Waals surface area contributed by atoms with Crippen molar-refractivity contribution in [2.75, 3.05) is 5.32 Å². The molecule has 6 heteroatoms. The van der Waals surface area contributed by atoms with E-state index in [9.17, 15) is 0 Å². The Bertz CT molecular complexity index is 791. The van der Waals surface area contributed by atoms with Crippen LogP contribution in [0.4, 0.5) is 6.01 Å². The zero-order valence-electron chi connectivity index (χ0n) is 13.7. The zero-order valence-corrected chi connectivity index (χ0v) is 13.7. The molecule has 0 spiro atoms. The van der Waals surface area contributed by atoms with Crippen LogP contribution in [0.2, 0.25) is 0 Å². The number of anilines is 1. The van der Waals surface area contributed by atoms with Crippen molar-refractivity contribution < 1.29 is 4.42 Å². The van der Waals surface area contributed by atoms with Crippen LogP contribution in [-0.4, -0.2) is 19.7 Å². The van der Waals surface area contributed by atoms with Crippen LogP contribution in [0.15, 0.2) is 47.1 Å². The van der Waals surface area contributed by atoms with E-state index < -0.39 is 0 Å². The molecule has 1 atom stereocenters. The number of benzene rings is 1. The van der Waals surface area contributed by atoms with E-state index in [1.165, 1.54) is 5.56 Å². The summed E-state index contributed by atoms with van der Waals surface area (Å²) in [6.07, 6.45) is 7.06. The smallest absolute Gasteiger partial charge is 0.315 e. The average Bonchev–Trinajstić information content (AvgIpc) is 3.22. The lowest BCUT2D eigenvalue weighted by Crippen LogP contribution is -2.14. The summed E-state index contributed by atoms with van der Waals surface area (Å²) in [5.41, 5.74) is 1.21. The Hall–Kier alpha value is -2.63. The summed E-state index contributed by atoms with van der Waals surface area (Å²) in [6, 6.07) is 11.0. The van der Waals surface area contributed by atoms with Crippen LogP contribution in [0.25, 0.3) is 0 Å². The molecule has 0 amide bonds. The molecule has 2 heterocycles. The molecule has 1 aliphatic carbocycles. The van der Waals surface area contributed by atoms with Crippen LogP contribution in [-0.2, 0) is 6.54 Å². The van der Waals surface area contributed by atoms with Gasteiger partial charge in [-0.2, -0.15) is 0 Å². The molecule has 0 aliphatic heterocycles. The quantitative estimate of drug-likeness (QED) is 0.718. The molecule has 0 saturated heterocycles. The number of hydrogen-bond acceptors (Lipinski definition) is 5. The minimum atomic E-state index is 0.112. The molecular formula is C18H21N5O. The van der Waals surface area contributed by atoms with Gasteiger partial charge in [0.25, 0.3) is 0 Å². The van der Waals surface area contributed by atoms with Gasteiger partial charge in [-0.05, 0) is 31.7 Å². The average molecular weight is 323 g/mol. The van der Waals surface area contributed by atoms with Crippen LogP contribution in [0, 0.1) is 6.92 Å². The SMILES string of the molecule is Cc1nccn1CCC(Nc1nnc(C2CC2)o1)c1ccccc1. The fraction of sp³-hybridized carbons (Fsp3) is 0.389. The van der Waals surface area contributed by atoms with Gasteiger partial charge in [0.05, 0.1) is 6.04 Å². The summed E-state index contributed by atoms with van der Waals surface area (Å²) in [5.74, 6) is 2.25. The maximum Gasteiger partial charge on any atom is 0.315 e. The van der Waals surface area contributed by atoms with Gasteiger partial charge in [0, 0.05) is 24.9 Å². The van der Waals surface area contributed by atoms with Gasteiger partial charge in [-0.1, -0.05) is 35.4 Å². The van der Waals surface area contributed by atoms with Crippen molar-refractivity contribution in [2.45, 2.75) is 44.7 Å². The Kier molecular flexibility index (Phi) is 4.02. The van der Waals surface area contributed by atoms with Crippen LogP contribution >= 0.6 is 0 Å². The third-order valence-corrected chi connectivity index (χ3v) is 4.45. The van der Waals surface area contributed by atoms with E-state index >= 15 is 0 Å². The van der Waals surface area contributed by atoms with Crippen LogP contribution in [0.3, 0.4) is 0 Å². The van der Waals surface area contributed by atoms with Crippen molar-refractivity contribution >= 4 is 6.01 Å². The number of imidazole rings is 1. The highest BCUT2D eigenvalue weighted by Crippen LogP contribution is 2.39. The molecule has 1 aromatic carbocycles. The second-order valence-corrected chi connectivity index (χ2v) is 6.28. The Morgan fingerprint density at radius 3 is 2.79 bits per heavy atom. The third kappa shape index (κ3) is 3.32. The van der Waals surface area contributed by atoms with Crippen molar-refractivity contribution in [3.63, 3.8) is 0 Å². The predicted molar refractivity (Wildman–Crippen MR) is 90.7 cm³/mol. The van der Waals surface area contributed by atoms with Crippen LogP contribution in [0.1, 0.15) is 48.5 Å². The van der Waals surface area contributed by atoms with Crippen molar-refractivity contribution in [3.8, 4) is 0 Å². The first-order valence-corrected chi connectivity index (χ1v) is 8.42. The first kappa shape index (κ1) is 14.9. The molecule has 124 valence electrons. The second kappa shape index (κ2) is 6.47. The van der Waals surface area contributed by atoms with E-state index in [2.05, 4.69) is 49.3 Å². The van der Waals surface area contributed by atoms with E-state index in [1.807, 2.05) is 25.4 Å². The summed E-state index contributed by atoms with van der Waals surface area (Å²) in [7, 11) is 0. The molecular weight excluding hydrogens is 302 g/mol. The number of nitrogens with one attached hydrogen (secondary N) is 1. The molecule has 1 fully saturated rings. The first-order valence-electron chi connectivity index (χ1n) is 8.42. The Morgan fingerprint density at radius 2 is 2.08 bits per heavy atom. The highest BCUT2D eigenvalue weighted by Gasteiger charge is 2.29. The standard InChI is InChI=1S/C18H21N5O/c1-13-19-10-12-23(13)11-9-16(14-5-3-2-4-6-14)20-18-22-21-17(24-18)15-7-8-15/h2-6,10,12,15-16H,7-9,11H2,1H3,(H,20,22). The topological polar surface area (TPSA) is 68.8 Å². The minimum absolute atomic E-state index is 0.112. The summed E-state index contributed by atoms with van der Waals surface area (Å²) >= 11 is 0. The fourth-order valence-corrected chi connectivity index (χ4v) is 2.85. The maximum atomic E-state index is 5.77. The lowest BCUT2D eigenvalue weighted by atomic mass is 10.0. The van der Waals surface area contributed by atoms with Crippen LogP contribution in [0.5, 0.6) is 0 Å². The lowest BCUT2D eigenvalue weighted by molar-refractivity contribution is 0.491. The number of aromatic nitrogens is 4. The molecule has 3 aromatic rings. The summed E-state index contributed by atoms with van der Waals surface area (Å²) in [6.45, 7) is 2.90. The maximum absolute atomic E-state index is 5.77. The van der Waals surface area contributed by atoms with Crippen molar-refractivity contribution in [3.05, 3.63) is 60.0 Å². The van der Waals surface area contributed by atoms with Crippen molar-refractivity contribution in [1.29, 1.82) is 0 Å². The molecule has 1 N–H and O–H groups in total. The van der Waals surface area contributed by atoms with E-state index in [4.69, 9.17) is 4.42 Å². The number of rotatable bonds is 7. The molecule has 6 nitrogen and oxygen atoms in total. The third-order valence-electron chi connectivity index (χ3n) is 4.45. The lowest BCUT2D eigenvalue weighted by Gasteiger charge is -2.18. The first-order chi connectivity index (χ1) is 11.8. The molecule has 24 heavy (non-hydrogen) atoms. The number of aryl methyl sites for hydroxylation is 2. The summed E-state index contributed by atoms with van der Waals surface area (Å²) in [5, 5.41) is 11.7. The summed E-state index contributed by atoms with van der Waals surface area (Å²) < 4.78 is 7.92. The van der Waals surface area contributed by atoms with E-state index in [-0.39, 0.29) is 6.04 Å². The molecule has 2 aromatic heterocycles. The highest BCUT2D eigenvalue weighted by atomic mass is 16.4. The molecule has 1 aliphatic rings. The molecule has 1 unspecified atom stereocenters. The van der Waals surface area contributed by atoms with Crippen molar-refractivity contribution in [2.24, 2.45) is 0 Å². The minimum Gasteiger partial charge on any atom is -0.408 e. The number of hydrogen-bond donors (Lipinski definition) is 1. The van der Waals surface area contributed by atoms with Gasteiger partial charge < -0.3 is 14.3 Å². The van der Waals surface area contributed by atoms with Gasteiger partial charge >= 0.3 is 6.01 Å². The predicted octanol–water partition coefficient (Wildman–Crippen LogP) is 3.70.